The molecule has 0 saturated carbocycles. The maximum absolute atomic E-state index is 5.24. The number of nitrogens with zero attached hydrogens (tertiary/aromatic N) is 2. The normalized spacial score (nSPS) is 10.8. The highest BCUT2D eigenvalue weighted by Crippen LogP contribution is 2.28. The van der Waals surface area contributed by atoms with E-state index in [2.05, 4.69) is 39.7 Å². The quantitative estimate of drug-likeness (QED) is 0.781. The lowest BCUT2D eigenvalue weighted by Gasteiger charge is -2.07. The molecule has 4 nitrogen and oxygen atoms in total. The third-order valence-electron chi connectivity index (χ3n) is 3.37. The van der Waals surface area contributed by atoms with E-state index in [-0.39, 0.29) is 0 Å². The molecule has 1 N–H and O–H groups in total. The zero-order valence-electron chi connectivity index (χ0n) is 12.1. The molecule has 0 fully saturated rings. The van der Waals surface area contributed by atoms with Crippen LogP contribution < -0.4 is 10.1 Å². The van der Waals surface area contributed by atoms with Crippen molar-refractivity contribution in [3.05, 3.63) is 47.1 Å². The van der Waals surface area contributed by atoms with Crippen LogP contribution in [0.3, 0.4) is 0 Å². The van der Waals surface area contributed by atoms with E-state index in [0.717, 1.165) is 34.7 Å². The van der Waals surface area contributed by atoms with Gasteiger partial charge in [0, 0.05) is 6.54 Å². The number of nitrogens with one attached hydrogen (secondary N) is 1. The molecular weight excluding hydrogens is 282 g/mol. The third-order valence-corrected chi connectivity index (χ3v) is 4.46. The van der Waals surface area contributed by atoms with E-state index in [1.165, 1.54) is 11.1 Å². The number of anilines is 1. The molecule has 0 unspecified atom stereocenters. The van der Waals surface area contributed by atoms with Crippen LogP contribution in [0, 0.1) is 6.92 Å². The van der Waals surface area contributed by atoms with E-state index < -0.39 is 0 Å². The maximum atomic E-state index is 5.24. The smallest absolute Gasteiger partial charge is 0.147 e. The molecule has 0 saturated heterocycles. The summed E-state index contributed by atoms with van der Waals surface area (Å²) >= 11 is 1.69. The van der Waals surface area contributed by atoms with Crippen molar-refractivity contribution in [2.24, 2.45) is 0 Å². The van der Waals surface area contributed by atoms with Crippen LogP contribution in [0.1, 0.15) is 11.1 Å². The summed E-state index contributed by atoms with van der Waals surface area (Å²) in [4.78, 5) is 8.68. The summed E-state index contributed by atoms with van der Waals surface area (Å²) in [5, 5.41) is 5.52. The largest absolute Gasteiger partial charge is 0.497 e. The Hall–Kier alpha value is -2.14. The van der Waals surface area contributed by atoms with Crippen LogP contribution in [-0.2, 0) is 6.42 Å². The highest BCUT2D eigenvalue weighted by molar-refractivity contribution is 7.18. The van der Waals surface area contributed by atoms with Gasteiger partial charge in [-0.2, -0.15) is 0 Å². The molecule has 108 valence electrons. The van der Waals surface area contributed by atoms with Crippen LogP contribution in [0.2, 0.25) is 0 Å². The minimum atomic E-state index is 0.830. The van der Waals surface area contributed by atoms with Crippen molar-refractivity contribution < 1.29 is 4.74 Å². The summed E-state index contributed by atoms with van der Waals surface area (Å²) in [6, 6.07) is 8.14. The number of rotatable bonds is 5. The van der Waals surface area contributed by atoms with E-state index in [1.54, 1.807) is 24.8 Å². The molecule has 0 amide bonds. The van der Waals surface area contributed by atoms with Crippen molar-refractivity contribution >= 4 is 27.4 Å². The van der Waals surface area contributed by atoms with E-state index in [4.69, 9.17) is 4.74 Å². The number of hydrogen-bond donors (Lipinski definition) is 1. The van der Waals surface area contributed by atoms with Crippen LogP contribution in [0.5, 0.6) is 5.75 Å². The lowest BCUT2D eigenvalue weighted by atomic mass is 10.1. The lowest BCUT2D eigenvalue weighted by Crippen LogP contribution is -2.06. The first-order valence-corrected chi connectivity index (χ1v) is 7.71. The molecule has 3 rings (SSSR count). The van der Waals surface area contributed by atoms with Gasteiger partial charge in [0.15, 0.2) is 0 Å². The fourth-order valence-corrected chi connectivity index (χ4v) is 3.22. The Morgan fingerprint density at radius 2 is 2.19 bits per heavy atom. The van der Waals surface area contributed by atoms with Gasteiger partial charge in [0.2, 0.25) is 0 Å². The van der Waals surface area contributed by atoms with E-state index >= 15 is 0 Å². The summed E-state index contributed by atoms with van der Waals surface area (Å²) in [5.74, 6) is 1.81. The van der Waals surface area contributed by atoms with Gasteiger partial charge in [0.05, 0.1) is 17.3 Å². The molecule has 5 heteroatoms. The zero-order chi connectivity index (χ0) is 14.7. The molecule has 0 radical (unpaired) electrons. The average Bonchev–Trinajstić information content (AvgIpc) is 2.90. The van der Waals surface area contributed by atoms with Gasteiger partial charge in [-0.05, 0) is 42.0 Å². The summed E-state index contributed by atoms with van der Waals surface area (Å²) in [5.41, 5.74) is 3.49. The first kappa shape index (κ1) is 13.8. The molecule has 1 aromatic carbocycles. The monoisotopic (exact) mass is 299 g/mol. The van der Waals surface area contributed by atoms with Gasteiger partial charge in [-0.3, -0.25) is 0 Å². The number of hydrogen-bond acceptors (Lipinski definition) is 5. The van der Waals surface area contributed by atoms with Gasteiger partial charge in [0.1, 0.15) is 17.9 Å². The third kappa shape index (κ3) is 2.97. The molecule has 0 aliphatic carbocycles. The molecule has 2 aromatic heterocycles. The van der Waals surface area contributed by atoms with E-state index in [0.29, 0.717) is 0 Å². The Bertz CT molecular complexity index is 754. The number of methoxy groups -OCH3 is 1. The number of fused-ring (bicyclic) bond motifs is 1. The topological polar surface area (TPSA) is 47.0 Å². The lowest BCUT2D eigenvalue weighted by molar-refractivity contribution is 0.414. The highest BCUT2D eigenvalue weighted by Gasteiger charge is 2.07. The van der Waals surface area contributed by atoms with Crippen molar-refractivity contribution in [2.75, 3.05) is 19.0 Å². The first-order chi connectivity index (χ1) is 10.3. The van der Waals surface area contributed by atoms with Crippen molar-refractivity contribution in [3.63, 3.8) is 0 Å². The first-order valence-electron chi connectivity index (χ1n) is 6.83. The molecular formula is C16H17N3OS. The molecule has 2 heterocycles. The predicted molar refractivity (Wildman–Crippen MR) is 87.3 cm³/mol. The van der Waals surface area contributed by atoms with E-state index in [1.807, 2.05) is 12.1 Å². The molecule has 3 aromatic rings. The average molecular weight is 299 g/mol. The van der Waals surface area contributed by atoms with Crippen LogP contribution in [0.4, 0.5) is 5.82 Å². The fraction of sp³-hybridized carbons (Fsp3) is 0.250. The highest BCUT2D eigenvalue weighted by atomic mass is 32.1. The van der Waals surface area contributed by atoms with Crippen molar-refractivity contribution in [2.45, 2.75) is 13.3 Å². The Morgan fingerprint density at radius 3 is 3.05 bits per heavy atom. The number of aryl methyl sites for hydroxylation is 1. The van der Waals surface area contributed by atoms with Crippen molar-refractivity contribution in [3.8, 4) is 5.75 Å². The van der Waals surface area contributed by atoms with E-state index in [9.17, 15) is 0 Å². The number of aromatic nitrogens is 2. The number of benzene rings is 1. The second kappa shape index (κ2) is 6.10. The predicted octanol–water partition coefficient (Wildman–Crippen LogP) is 3.66. The summed E-state index contributed by atoms with van der Waals surface area (Å²) in [7, 11) is 1.69. The number of thiophene rings is 1. The summed E-state index contributed by atoms with van der Waals surface area (Å²) in [6.07, 6.45) is 2.54. The van der Waals surface area contributed by atoms with Crippen LogP contribution in [0.15, 0.2) is 36.0 Å². The molecule has 0 spiro atoms. The van der Waals surface area contributed by atoms with Gasteiger partial charge in [-0.1, -0.05) is 12.1 Å². The SMILES string of the molecule is COc1cccc(CCNc2ncnc3c(C)csc23)c1. The van der Waals surface area contributed by atoms with Gasteiger partial charge in [0.25, 0.3) is 0 Å². The zero-order valence-corrected chi connectivity index (χ0v) is 12.9. The Morgan fingerprint density at radius 1 is 1.29 bits per heavy atom. The second-order valence-corrected chi connectivity index (χ2v) is 5.73. The Balaban J connectivity index is 1.69. The van der Waals surface area contributed by atoms with Crippen LogP contribution in [0.25, 0.3) is 10.2 Å². The van der Waals surface area contributed by atoms with Gasteiger partial charge >= 0.3 is 0 Å². The number of ether oxygens (including phenoxy) is 1. The minimum Gasteiger partial charge on any atom is -0.497 e. The standard InChI is InChI=1S/C16H17N3OS/c1-11-9-21-15-14(11)18-10-19-16(15)17-7-6-12-4-3-5-13(8-12)20-2/h3-5,8-10H,6-7H2,1-2H3,(H,17,18,19). The molecule has 0 atom stereocenters. The molecule has 0 aliphatic rings. The Labute approximate surface area is 127 Å². The maximum Gasteiger partial charge on any atom is 0.147 e. The van der Waals surface area contributed by atoms with Crippen LogP contribution >= 0.6 is 11.3 Å². The Kier molecular flexibility index (Phi) is 4.01. The minimum absolute atomic E-state index is 0.830. The van der Waals surface area contributed by atoms with Crippen molar-refractivity contribution in [1.82, 2.24) is 9.97 Å². The fourth-order valence-electron chi connectivity index (χ4n) is 2.25. The summed E-state index contributed by atoms with van der Waals surface area (Å²) in [6.45, 7) is 2.90. The van der Waals surface area contributed by atoms with Gasteiger partial charge in [-0.15, -0.1) is 11.3 Å². The molecule has 0 bridgehead atoms. The summed E-state index contributed by atoms with van der Waals surface area (Å²) < 4.78 is 6.37. The molecule has 0 aliphatic heterocycles. The van der Waals surface area contributed by atoms with Gasteiger partial charge in [-0.25, -0.2) is 9.97 Å². The van der Waals surface area contributed by atoms with Crippen molar-refractivity contribution in [1.29, 1.82) is 0 Å². The second-order valence-electron chi connectivity index (χ2n) is 4.85. The van der Waals surface area contributed by atoms with Gasteiger partial charge < -0.3 is 10.1 Å². The molecule has 21 heavy (non-hydrogen) atoms. The van der Waals surface area contributed by atoms with Crippen LogP contribution in [-0.4, -0.2) is 23.6 Å².